The predicted octanol–water partition coefficient (Wildman–Crippen LogP) is 3.61. The molecule has 0 bridgehead atoms. The van der Waals surface area contributed by atoms with Gasteiger partial charge in [-0.3, -0.25) is 4.98 Å². The van der Waals surface area contributed by atoms with E-state index in [1.165, 1.54) is 0 Å². The quantitative estimate of drug-likeness (QED) is 0.790. The van der Waals surface area contributed by atoms with Crippen LogP contribution in [-0.2, 0) is 0 Å². The fraction of sp³-hybridized carbons (Fsp3) is 0.188. The van der Waals surface area contributed by atoms with Crippen molar-refractivity contribution in [3.8, 4) is 11.5 Å². The monoisotopic (exact) mass is 280 g/mol. The van der Waals surface area contributed by atoms with E-state index in [0.717, 1.165) is 16.9 Å². The molecular formula is C16H16N4O. The van der Waals surface area contributed by atoms with Crippen LogP contribution in [0.15, 0.2) is 53.2 Å². The molecule has 5 heteroatoms. The maximum atomic E-state index is 5.26. The van der Waals surface area contributed by atoms with E-state index in [0.29, 0.717) is 11.7 Å². The van der Waals surface area contributed by atoms with Crippen LogP contribution in [-0.4, -0.2) is 15.1 Å². The number of aromatic nitrogens is 3. The first-order valence-electron chi connectivity index (χ1n) is 6.81. The number of aryl methyl sites for hydroxylation is 1. The van der Waals surface area contributed by atoms with E-state index >= 15 is 0 Å². The first-order valence-corrected chi connectivity index (χ1v) is 6.81. The molecule has 5 nitrogen and oxygen atoms in total. The number of nitrogens with one attached hydrogen (secondary N) is 1. The van der Waals surface area contributed by atoms with E-state index in [4.69, 9.17) is 4.52 Å². The van der Waals surface area contributed by atoms with Gasteiger partial charge in [0.05, 0.1) is 17.3 Å². The van der Waals surface area contributed by atoms with Crippen LogP contribution >= 0.6 is 0 Å². The first-order chi connectivity index (χ1) is 10.2. The minimum Gasteiger partial charge on any atom is -0.376 e. The van der Waals surface area contributed by atoms with Crippen molar-refractivity contribution >= 4 is 5.69 Å². The second-order valence-corrected chi connectivity index (χ2v) is 4.81. The summed E-state index contributed by atoms with van der Waals surface area (Å²) in [6, 6.07) is 13.8. The molecule has 106 valence electrons. The third-order valence-electron chi connectivity index (χ3n) is 3.19. The molecule has 0 saturated heterocycles. The summed E-state index contributed by atoms with van der Waals surface area (Å²) in [5.41, 5.74) is 2.81. The molecule has 1 unspecified atom stereocenters. The smallest absolute Gasteiger partial charge is 0.260 e. The van der Waals surface area contributed by atoms with Crippen molar-refractivity contribution in [3.05, 3.63) is 60.2 Å². The number of pyridine rings is 1. The van der Waals surface area contributed by atoms with Gasteiger partial charge in [-0.1, -0.05) is 23.4 Å². The van der Waals surface area contributed by atoms with Crippen molar-refractivity contribution in [3.63, 3.8) is 0 Å². The van der Waals surface area contributed by atoms with Crippen molar-refractivity contribution in [1.82, 2.24) is 15.1 Å². The standard InChI is InChI=1S/C16H16N4O/c1-11(14-8-5-6-10-17-14)18-15-9-4-3-7-13(15)16-19-12(2)20-21-16/h3-11,18H,1-2H3. The topological polar surface area (TPSA) is 63.8 Å². The average Bonchev–Trinajstić information content (AvgIpc) is 2.95. The molecule has 1 aromatic carbocycles. The maximum Gasteiger partial charge on any atom is 0.260 e. The van der Waals surface area contributed by atoms with Gasteiger partial charge >= 0.3 is 0 Å². The molecule has 3 aromatic rings. The molecule has 0 saturated carbocycles. The number of anilines is 1. The summed E-state index contributed by atoms with van der Waals surface area (Å²) in [5, 5.41) is 7.29. The van der Waals surface area contributed by atoms with Crippen molar-refractivity contribution < 1.29 is 4.52 Å². The summed E-state index contributed by atoms with van der Waals surface area (Å²) in [7, 11) is 0. The molecule has 3 rings (SSSR count). The molecule has 0 aliphatic carbocycles. The second-order valence-electron chi connectivity index (χ2n) is 4.81. The van der Waals surface area contributed by atoms with Gasteiger partial charge in [0, 0.05) is 11.9 Å². The van der Waals surface area contributed by atoms with Gasteiger partial charge in [0.25, 0.3) is 5.89 Å². The Kier molecular flexibility index (Phi) is 3.64. The molecular weight excluding hydrogens is 264 g/mol. The van der Waals surface area contributed by atoms with Gasteiger partial charge in [-0.2, -0.15) is 4.98 Å². The first kappa shape index (κ1) is 13.3. The highest BCUT2D eigenvalue weighted by molar-refractivity contribution is 5.72. The summed E-state index contributed by atoms with van der Waals surface area (Å²) >= 11 is 0. The molecule has 0 radical (unpaired) electrons. The zero-order valence-electron chi connectivity index (χ0n) is 11.9. The van der Waals surface area contributed by atoms with Crippen LogP contribution in [0.3, 0.4) is 0 Å². The SMILES string of the molecule is Cc1noc(-c2ccccc2NC(C)c2ccccn2)n1. The van der Waals surface area contributed by atoms with Crippen LogP contribution in [0.4, 0.5) is 5.69 Å². The van der Waals surface area contributed by atoms with Gasteiger partial charge in [0.15, 0.2) is 5.82 Å². The number of hydrogen-bond donors (Lipinski definition) is 1. The lowest BCUT2D eigenvalue weighted by Crippen LogP contribution is -2.09. The van der Waals surface area contributed by atoms with E-state index in [2.05, 4.69) is 27.4 Å². The van der Waals surface area contributed by atoms with Crippen molar-refractivity contribution in [1.29, 1.82) is 0 Å². The molecule has 21 heavy (non-hydrogen) atoms. The van der Waals surface area contributed by atoms with Gasteiger partial charge in [-0.05, 0) is 38.1 Å². The lowest BCUT2D eigenvalue weighted by atomic mass is 10.1. The molecule has 0 aliphatic rings. The predicted molar refractivity (Wildman–Crippen MR) is 80.7 cm³/mol. The Hall–Kier alpha value is -2.69. The highest BCUT2D eigenvalue weighted by Crippen LogP contribution is 2.29. The van der Waals surface area contributed by atoms with E-state index in [-0.39, 0.29) is 6.04 Å². The van der Waals surface area contributed by atoms with Gasteiger partial charge in [-0.15, -0.1) is 0 Å². The second kappa shape index (κ2) is 5.75. The Balaban J connectivity index is 1.89. The molecule has 2 heterocycles. The zero-order chi connectivity index (χ0) is 14.7. The van der Waals surface area contributed by atoms with Crippen LogP contribution in [0.25, 0.3) is 11.5 Å². The molecule has 0 spiro atoms. The normalized spacial score (nSPS) is 12.1. The van der Waals surface area contributed by atoms with Crippen molar-refractivity contribution in [2.45, 2.75) is 19.9 Å². The Bertz CT molecular complexity index is 724. The summed E-state index contributed by atoms with van der Waals surface area (Å²) < 4.78 is 5.26. The number of benzene rings is 1. The fourth-order valence-electron chi connectivity index (χ4n) is 2.14. The van der Waals surface area contributed by atoms with Crippen LogP contribution in [0.1, 0.15) is 24.5 Å². The van der Waals surface area contributed by atoms with Gasteiger partial charge in [0.2, 0.25) is 0 Å². The number of rotatable bonds is 4. The minimum absolute atomic E-state index is 0.0800. The van der Waals surface area contributed by atoms with Gasteiger partial charge in [-0.25, -0.2) is 0 Å². The fourth-order valence-corrected chi connectivity index (χ4v) is 2.14. The van der Waals surface area contributed by atoms with Gasteiger partial charge in [0.1, 0.15) is 0 Å². The number of hydrogen-bond acceptors (Lipinski definition) is 5. The average molecular weight is 280 g/mol. The summed E-state index contributed by atoms with van der Waals surface area (Å²) in [5.74, 6) is 1.14. The minimum atomic E-state index is 0.0800. The van der Waals surface area contributed by atoms with Crippen LogP contribution < -0.4 is 5.32 Å². The van der Waals surface area contributed by atoms with E-state index in [9.17, 15) is 0 Å². The Morgan fingerprint density at radius 3 is 2.62 bits per heavy atom. The van der Waals surface area contributed by atoms with Crippen LogP contribution in [0.2, 0.25) is 0 Å². The van der Waals surface area contributed by atoms with E-state index < -0.39 is 0 Å². The number of para-hydroxylation sites is 1. The molecule has 2 aromatic heterocycles. The molecule has 1 atom stereocenters. The van der Waals surface area contributed by atoms with E-state index in [1.54, 1.807) is 13.1 Å². The van der Waals surface area contributed by atoms with Crippen molar-refractivity contribution in [2.24, 2.45) is 0 Å². The molecule has 0 aliphatic heterocycles. The Labute approximate surface area is 123 Å². The number of nitrogens with zero attached hydrogens (tertiary/aromatic N) is 3. The molecule has 0 amide bonds. The van der Waals surface area contributed by atoms with Gasteiger partial charge < -0.3 is 9.84 Å². The van der Waals surface area contributed by atoms with Crippen LogP contribution in [0, 0.1) is 6.92 Å². The molecule has 0 fully saturated rings. The Morgan fingerprint density at radius 2 is 1.90 bits per heavy atom. The lowest BCUT2D eigenvalue weighted by Gasteiger charge is -2.16. The summed E-state index contributed by atoms with van der Waals surface area (Å²) in [6.07, 6.45) is 1.79. The van der Waals surface area contributed by atoms with Crippen LogP contribution in [0.5, 0.6) is 0 Å². The molecule has 1 N–H and O–H groups in total. The highest BCUT2D eigenvalue weighted by atomic mass is 16.5. The summed E-state index contributed by atoms with van der Waals surface area (Å²) in [4.78, 5) is 8.66. The third kappa shape index (κ3) is 2.91. The van der Waals surface area contributed by atoms with E-state index in [1.807, 2.05) is 42.5 Å². The Morgan fingerprint density at radius 1 is 1.10 bits per heavy atom. The third-order valence-corrected chi connectivity index (χ3v) is 3.19. The zero-order valence-corrected chi connectivity index (χ0v) is 11.9. The van der Waals surface area contributed by atoms with Crippen molar-refractivity contribution in [2.75, 3.05) is 5.32 Å². The summed E-state index contributed by atoms with van der Waals surface area (Å²) in [6.45, 7) is 3.87. The largest absolute Gasteiger partial charge is 0.376 e. The highest BCUT2D eigenvalue weighted by Gasteiger charge is 2.13. The maximum absolute atomic E-state index is 5.26. The lowest BCUT2D eigenvalue weighted by molar-refractivity contribution is 0.425.